The zero-order valence-electron chi connectivity index (χ0n) is 11.9. The Bertz CT molecular complexity index is 594. The Labute approximate surface area is 122 Å². The molecule has 0 aliphatic heterocycles. The van der Waals surface area contributed by atoms with E-state index in [-0.39, 0.29) is 5.41 Å². The van der Waals surface area contributed by atoms with Crippen LogP contribution in [0.15, 0.2) is 28.7 Å². The van der Waals surface area contributed by atoms with Crippen LogP contribution in [0.5, 0.6) is 0 Å². The first-order valence-electron chi connectivity index (χ1n) is 6.38. The van der Waals surface area contributed by atoms with Crippen LogP contribution in [0, 0.1) is 12.3 Å². The fourth-order valence-electron chi connectivity index (χ4n) is 2.06. The summed E-state index contributed by atoms with van der Waals surface area (Å²) < 4.78 is 2.73. The lowest BCUT2D eigenvalue weighted by Crippen LogP contribution is -2.10. The average molecular weight is 322 g/mol. The molecule has 0 bridgehead atoms. The van der Waals surface area contributed by atoms with Gasteiger partial charge in [0.25, 0.3) is 0 Å². The minimum Gasteiger partial charge on any atom is -0.383 e. The van der Waals surface area contributed by atoms with Crippen LogP contribution in [0.4, 0.5) is 5.82 Å². The molecule has 1 aromatic carbocycles. The van der Waals surface area contributed by atoms with Crippen LogP contribution in [0.2, 0.25) is 0 Å². The maximum atomic E-state index is 6.18. The van der Waals surface area contributed by atoms with Gasteiger partial charge in [-0.2, -0.15) is 5.10 Å². The van der Waals surface area contributed by atoms with Crippen molar-refractivity contribution in [3.8, 4) is 5.69 Å². The highest BCUT2D eigenvalue weighted by molar-refractivity contribution is 9.10. The molecule has 0 saturated heterocycles. The van der Waals surface area contributed by atoms with E-state index in [1.165, 1.54) is 0 Å². The Balaban J connectivity index is 2.50. The van der Waals surface area contributed by atoms with Gasteiger partial charge in [0.05, 0.1) is 15.9 Å². The maximum absolute atomic E-state index is 6.18. The van der Waals surface area contributed by atoms with Crippen LogP contribution in [-0.4, -0.2) is 9.78 Å². The Morgan fingerprint density at radius 1 is 1.26 bits per heavy atom. The van der Waals surface area contributed by atoms with Gasteiger partial charge in [-0.25, -0.2) is 4.68 Å². The number of nitrogens with two attached hydrogens (primary N) is 1. The van der Waals surface area contributed by atoms with Crippen molar-refractivity contribution in [2.24, 2.45) is 5.41 Å². The summed E-state index contributed by atoms with van der Waals surface area (Å²) >= 11 is 3.57. The predicted molar refractivity (Wildman–Crippen MR) is 83.6 cm³/mol. The summed E-state index contributed by atoms with van der Waals surface area (Å²) in [6, 6.07) is 8.12. The Morgan fingerprint density at radius 2 is 1.89 bits per heavy atom. The molecule has 102 valence electrons. The summed E-state index contributed by atoms with van der Waals surface area (Å²) in [7, 11) is 0. The molecule has 0 fully saturated rings. The van der Waals surface area contributed by atoms with E-state index in [1.54, 1.807) is 0 Å². The van der Waals surface area contributed by atoms with Crippen molar-refractivity contribution >= 4 is 21.7 Å². The van der Waals surface area contributed by atoms with Crippen LogP contribution < -0.4 is 5.73 Å². The molecule has 0 aliphatic rings. The van der Waals surface area contributed by atoms with E-state index in [0.717, 1.165) is 27.8 Å². The molecule has 2 N–H and O–H groups in total. The number of nitrogen functional groups attached to an aromatic ring is 1. The first-order valence-corrected chi connectivity index (χ1v) is 7.18. The molecule has 0 amide bonds. The number of aryl methyl sites for hydroxylation is 1. The van der Waals surface area contributed by atoms with Gasteiger partial charge < -0.3 is 5.73 Å². The largest absolute Gasteiger partial charge is 0.383 e. The lowest BCUT2D eigenvalue weighted by Gasteiger charge is -2.16. The zero-order chi connectivity index (χ0) is 14.2. The average Bonchev–Trinajstić information content (AvgIpc) is 2.56. The van der Waals surface area contributed by atoms with Crippen molar-refractivity contribution in [1.29, 1.82) is 0 Å². The van der Waals surface area contributed by atoms with Gasteiger partial charge in [-0.3, -0.25) is 0 Å². The molecule has 4 heteroatoms. The summed E-state index contributed by atoms with van der Waals surface area (Å²) in [4.78, 5) is 0. The molecule has 1 aromatic heterocycles. The minimum atomic E-state index is 0.180. The smallest absolute Gasteiger partial charge is 0.141 e. The van der Waals surface area contributed by atoms with E-state index in [2.05, 4.69) is 54.8 Å². The van der Waals surface area contributed by atoms with Gasteiger partial charge in [-0.1, -0.05) is 39.0 Å². The molecule has 1 heterocycles. The summed E-state index contributed by atoms with van der Waals surface area (Å²) in [5.41, 5.74) is 9.55. The molecule has 3 nitrogen and oxygen atoms in total. The Morgan fingerprint density at radius 3 is 2.47 bits per heavy atom. The van der Waals surface area contributed by atoms with Gasteiger partial charge in [-0.15, -0.1) is 0 Å². The molecule has 2 aromatic rings. The van der Waals surface area contributed by atoms with Gasteiger partial charge in [0, 0.05) is 0 Å². The third kappa shape index (κ3) is 3.00. The molecule has 2 rings (SSSR count). The Kier molecular flexibility index (Phi) is 3.72. The third-order valence-electron chi connectivity index (χ3n) is 2.97. The van der Waals surface area contributed by atoms with Gasteiger partial charge in [0.2, 0.25) is 0 Å². The SMILES string of the molecule is Cc1ccccc1-n1nc(CC(C)(C)C)c(Br)c1N. The maximum Gasteiger partial charge on any atom is 0.141 e. The normalized spacial score (nSPS) is 11.8. The topological polar surface area (TPSA) is 43.8 Å². The van der Waals surface area contributed by atoms with E-state index in [9.17, 15) is 0 Å². The van der Waals surface area contributed by atoms with Crippen molar-refractivity contribution in [2.45, 2.75) is 34.1 Å². The van der Waals surface area contributed by atoms with Crippen molar-refractivity contribution in [2.75, 3.05) is 5.73 Å². The lowest BCUT2D eigenvalue weighted by atomic mass is 9.91. The van der Waals surface area contributed by atoms with E-state index < -0.39 is 0 Å². The molecule has 0 aliphatic carbocycles. The van der Waals surface area contributed by atoms with Gasteiger partial charge in [0.1, 0.15) is 5.82 Å². The minimum absolute atomic E-state index is 0.180. The quantitative estimate of drug-likeness (QED) is 0.904. The lowest BCUT2D eigenvalue weighted by molar-refractivity contribution is 0.404. The second kappa shape index (κ2) is 5.00. The second-order valence-electron chi connectivity index (χ2n) is 6.08. The van der Waals surface area contributed by atoms with Crippen LogP contribution in [0.1, 0.15) is 32.0 Å². The molecule has 0 radical (unpaired) electrons. The molecule has 0 saturated carbocycles. The number of aromatic nitrogens is 2. The second-order valence-corrected chi connectivity index (χ2v) is 6.87. The number of halogens is 1. The molecule has 0 atom stereocenters. The van der Waals surface area contributed by atoms with Crippen LogP contribution in [0.3, 0.4) is 0 Å². The fraction of sp³-hybridized carbons (Fsp3) is 0.400. The van der Waals surface area contributed by atoms with Crippen molar-refractivity contribution in [3.63, 3.8) is 0 Å². The summed E-state index contributed by atoms with van der Waals surface area (Å²) in [6.45, 7) is 8.65. The molecule has 19 heavy (non-hydrogen) atoms. The molecule has 0 unspecified atom stereocenters. The van der Waals surface area contributed by atoms with Gasteiger partial charge >= 0.3 is 0 Å². The van der Waals surface area contributed by atoms with Gasteiger partial charge in [-0.05, 0) is 46.3 Å². The van der Waals surface area contributed by atoms with Crippen molar-refractivity contribution < 1.29 is 0 Å². The monoisotopic (exact) mass is 321 g/mol. The highest BCUT2D eigenvalue weighted by atomic mass is 79.9. The highest BCUT2D eigenvalue weighted by Gasteiger charge is 2.20. The standard InChI is InChI=1S/C15H20BrN3/c1-10-7-5-6-8-12(10)19-14(17)13(16)11(18-19)9-15(2,3)4/h5-8H,9,17H2,1-4H3. The van der Waals surface area contributed by atoms with E-state index >= 15 is 0 Å². The molecule has 0 spiro atoms. The summed E-state index contributed by atoms with van der Waals surface area (Å²) in [5.74, 6) is 0.661. The number of hydrogen-bond acceptors (Lipinski definition) is 2. The first kappa shape index (κ1) is 14.1. The van der Waals surface area contributed by atoms with E-state index in [4.69, 9.17) is 5.73 Å². The molecular weight excluding hydrogens is 302 g/mol. The van der Waals surface area contributed by atoms with Crippen molar-refractivity contribution in [3.05, 3.63) is 40.0 Å². The van der Waals surface area contributed by atoms with Crippen LogP contribution in [-0.2, 0) is 6.42 Å². The number of rotatable bonds is 2. The summed E-state index contributed by atoms with van der Waals surface area (Å²) in [5, 5.41) is 4.67. The highest BCUT2D eigenvalue weighted by Crippen LogP contribution is 2.31. The number of hydrogen-bond donors (Lipinski definition) is 1. The van der Waals surface area contributed by atoms with E-state index in [1.807, 2.05) is 22.9 Å². The van der Waals surface area contributed by atoms with Crippen molar-refractivity contribution in [1.82, 2.24) is 9.78 Å². The number of para-hydroxylation sites is 1. The van der Waals surface area contributed by atoms with E-state index in [0.29, 0.717) is 5.82 Å². The third-order valence-corrected chi connectivity index (χ3v) is 3.83. The molecular formula is C15H20BrN3. The van der Waals surface area contributed by atoms with Crippen LogP contribution >= 0.6 is 15.9 Å². The number of anilines is 1. The zero-order valence-corrected chi connectivity index (χ0v) is 13.5. The van der Waals surface area contributed by atoms with Crippen LogP contribution in [0.25, 0.3) is 5.69 Å². The fourth-order valence-corrected chi connectivity index (χ4v) is 2.45. The first-order chi connectivity index (χ1) is 8.79. The summed E-state index contributed by atoms with van der Waals surface area (Å²) in [6.07, 6.45) is 0.886. The van der Waals surface area contributed by atoms with Gasteiger partial charge in [0.15, 0.2) is 0 Å². The Hall–Kier alpha value is -1.29. The number of nitrogens with zero attached hydrogens (tertiary/aromatic N) is 2. The predicted octanol–water partition coefficient (Wildman–Crippen LogP) is 4.11. The number of benzene rings is 1.